The van der Waals surface area contributed by atoms with Crippen molar-refractivity contribution in [3.8, 4) is 0 Å². The first kappa shape index (κ1) is 16.8. The summed E-state index contributed by atoms with van der Waals surface area (Å²) < 4.78 is 0. The van der Waals surface area contributed by atoms with Crippen LogP contribution in [0.1, 0.15) is 32.6 Å². The molecule has 1 saturated heterocycles. The molecule has 0 aliphatic carbocycles. The lowest BCUT2D eigenvalue weighted by molar-refractivity contribution is -0.141. The van der Waals surface area contributed by atoms with E-state index in [1.807, 2.05) is 19.0 Å². The van der Waals surface area contributed by atoms with E-state index < -0.39 is 5.97 Å². The largest absolute Gasteiger partial charge is 0.481 e. The first-order valence-corrected chi connectivity index (χ1v) is 7.33. The zero-order chi connectivity index (χ0) is 15.1. The van der Waals surface area contributed by atoms with Crippen molar-refractivity contribution in [1.29, 1.82) is 0 Å². The summed E-state index contributed by atoms with van der Waals surface area (Å²) in [5, 5.41) is 11.7. The Balaban J connectivity index is 2.26. The Morgan fingerprint density at radius 3 is 2.75 bits per heavy atom. The van der Waals surface area contributed by atoms with E-state index in [-0.39, 0.29) is 11.9 Å². The molecule has 1 aliphatic heterocycles. The lowest BCUT2D eigenvalue weighted by Crippen LogP contribution is -2.46. The van der Waals surface area contributed by atoms with Crippen LogP contribution >= 0.6 is 0 Å². The van der Waals surface area contributed by atoms with Crippen molar-refractivity contribution in [1.82, 2.24) is 15.1 Å². The highest BCUT2D eigenvalue weighted by molar-refractivity contribution is 5.74. The van der Waals surface area contributed by atoms with Crippen LogP contribution in [0.4, 0.5) is 4.79 Å². The van der Waals surface area contributed by atoms with Gasteiger partial charge in [0, 0.05) is 25.7 Å². The van der Waals surface area contributed by atoms with Crippen LogP contribution in [0.15, 0.2) is 0 Å². The van der Waals surface area contributed by atoms with Crippen LogP contribution in [-0.4, -0.2) is 66.7 Å². The Labute approximate surface area is 121 Å². The van der Waals surface area contributed by atoms with Crippen molar-refractivity contribution < 1.29 is 14.7 Å². The molecule has 0 spiro atoms. The van der Waals surface area contributed by atoms with Crippen LogP contribution in [0.25, 0.3) is 0 Å². The number of nitrogens with one attached hydrogen (secondary N) is 1. The van der Waals surface area contributed by atoms with Crippen LogP contribution in [-0.2, 0) is 4.79 Å². The minimum atomic E-state index is -0.776. The number of rotatable bonds is 7. The number of likely N-dealkylation sites (N-methyl/N-ethyl adjacent to an activating group) is 1. The molecule has 0 aromatic carbocycles. The first-order chi connectivity index (χ1) is 9.41. The van der Waals surface area contributed by atoms with Crippen molar-refractivity contribution >= 4 is 12.0 Å². The van der Waals surface area contributed by atoms with E-state index in [1.165, 1.54) is 0 Å². The fourth-order valence-electron chi connectivity index (χ4n) is 2.54. The van der Waals surface area contributed by atoms with Gasteiger partial charge in [-0.3, -0.25) is 4.79 Å². The zero-order valence-electron chi connectivity index (χ0n) is 12.8. The Kier molecular flexibility index (Phi) is 6.78. The van der Waals surface area contributed by atoms with Gasteiger partial charge in [-0.2, -0.15) is 0 Å². The Morgan fingerprint density at radius 1 is 1.45 bits per heavy atom. The summed E-state index contributed by atoms with van der Waals surface area (Å²) in [4.78, 5) is 26.8. The molecule has 1 rings (SSSR count). The van der Waals surface area contributed by atoms with Gasteiger partial charge in [0.1, 0.15) is 0 Å². The van der Waals surface area contributed by atoms with E-state index in [0.29, 0.717) is 25.4 Å². The molecule has 0 bridgehead atoms. The van der Waals surface area contributed by atoms with Gasteiger partial charge in [-0.15, -0.1) is 0 Å². The van der Waals surface area contributed by atoms with Crippen molar-refractivity contribution in [2.45, 2.75) is 38.6 Å². The quantitative estimate of drug-likeness (QED) is 0.690. The molecule has 6 nitrogen and oxygen atoms in total. The van der Waals surface area contributed by atoms with Gasteiger partial charge in [0.05, 0.1) is 5.92 Å². The topological polar surface area (TPSA) is 72.9 Å². The second-order valence-electron chi connectivity index (χ2n) is 5.87. The third kappa shape index (κ3) is 5.36. The molecule has 6 heteroatoms. The number of carbonyl (C=O) groups is 2. The average Bonchev–Trinajstić information content (AvgIpc) is 2.81. The molecule has 1 heterocycles. The number of carboxylic acids is 1. The van der Waals surface area contributed by atoms with Crippen molar-refractivity contribution in [3.05, 3.63) is 0 Å². The maximum absolute atomic E-state index is 12.1. The number of hydrogen-bond donors (Lipinski definition) is 2. The summed E-state index contributed by atoms with van der Waals surface area (Å²) in [6, 6.07) is 0.278. The first-order valence-electron chi connectivity index (χ1n) is 7.33. The van der Waals surface area contributed by atoms with Crippen LogP contribution in [0.5, 0.6) is 0 Å². The summed E-state index contributed by atoms with van der Waals surface area (Å²) in [6.07, 6.45) is 3.41. The fraction of sp³-hybridized carbons (Fsp3) is 0.857. The summed E-state index contributed by atoms with van der Waals surface area (Å²) in [7, 11) is 4.03. The smallest absolute Gasteiger partial charge is 0.317 e. The van der Waals surface area contributed by atoms with E-state index in [1.54, 1.807) is 6.92 Å². The van der Waals surface area contributed by atoms with Gasteiger partial charge in [-0.1, -0.05) is 6.92 Å². The predicted octanol–water partition coefficient (Wildman–Crippen LogP) is 1.22. The highest BCUT2D eigenvalue weighted by Crippen LogP contribution is 2.17. The van der Waals surface area contributed by atoms with Crippen molar-refractivity contribution in [2.24, 2.45) is 5.92 Å². The minimum absolute atomic E-state index is 0.0164. The van der Waals surface area contributed by atoms with E-state index in [4.69, 9.17) is 5.11 Å². The number of nitrogens with zero attached hydrogens (tertiary/aromatic N) is 2. The standard InChI is InChI=1S/C14H27N3O3/c1-11(13(18)19)6-4-8-15-14(20)17-9-5-7-12(17)10-16(2)3/h11-12H,4-10H2,1-3H3,(H,15,20)(H,18,19). The number of carbonyl (C=O) groups excluding carboxylic acids is 1. The lowest BCUT2D eigenvalue weighted by atomic mass is 10.1. The average molecular weight is 285 g/mol. The number of hydrogen-bond acceptors (Lipinski definition) is 3. The molecular formula is C14H27N3O3. The molecule has 2 N–H and O–H groups in total. The van der Waals surface area contributed by atoms with Gasteiger partial charge in [-0.25, -0.2) is 4.79 Å². The Hall–Kier alpha value is -1.30. The highest BCUT2D eigenvalue weighted by Gasteiger charge is 2.28. The van der Waals surface area contributed by atoms with Crippen LogP contribution in [0.2, 0.25) is 0 Å². The summed E-state index contributed by atoms with van der Waals surface area (Å²) in [5.74, 6) is -1.12. The number of aliphatic carboxylic acids is 1. The van der Waals surface area contributed by atoms with Crippen molar-refractivity contribution in [2.75, 3.05) is 33.7 Å². The van der Waals surface area contributed by atoms with E-state index in [0.717, 1.165) is 25.9 Å². The molecule has 116 valence electrons. The fourth-order valence-corrected chi connectivity index (χ4v) is 2.54. The zero-order valence-corrected chi connectivity index (χ0v) is 12.8. The maximum Gasteiger partial charge on any atom is 0.317 e. The van der Waals surface area contributed by atoms with E-state index in [2.05, 4.69) is 10.2 Å². The van der Waals surface area contributed by atoms with Gasteiger partial charge in [0.25, 0.3) is 0 Å². The van der Waals surface area contributed by atoms with Gasteiger partial charge in [0.15, 0.2) is 0 Å². The van der Waals surface area contributed by atoms with E-state index >= 15 is 0 Å². The molecule has 1 fully saturated rings. The minimum Gasteiger partial charge on any atom is -0.481 e. The second kappa shape index (κ2) is 8.09. The molecule has 20 heavy (non-hydrogen) atoms. The van der Waals surface area contributed by atoms with Crippen LogP contribution in [0.3, 0.4) is 0 Å². The molecule has 2 unspecified atom stereocenters. The molecule has 0 saturated carbocycles. The maximum atomic E-state index is 12.1. The molecule has 0 aromatic rings. The molecule has 0 radical (unpaired) electrons. The SMILES string of the molecule is CC(CCCNC(=O)N1CCCC1CN(C)C)C(=O)O. The third-order valence-corrected chi connectivity index (χ3v) is 3.73. The molecular weight excluding hydrogens is 258 g/mol. The lowest BCUT2D eigenvalue weighted by Gasteiger charge is -2.27. The van der Waals surface area contributed by atoms with E-state index in [9.17, 15) is 9.59 Å². The molecule has 1 aliphatic rings. The van der Waals surface area contributed by atoms with Crippen LogP contribution < -0.4 is 5.32 Å². The summed E-state index contributed by atoms with van der Waals surface area (Å²) in [6.45, 7) is 3.94. The Morgan fingerprint density at radius 2 is 2.15 bits per heavy atom. The molecule has 2 atom stereocenters. The number of amides is 2. The third-order valence-electron chi connectivity index (χ3n) is 3.73. The monoisotopic (exact) mass is 285 g/mol. The van der Waals surface area contributed by atoms with Gasteiger partial charge >= 0.3 is 12.0 Å². The predicted molar refractivity (Wildman–Crippen MR) is 77.7 cm³/mol. The summed E-state index contributed by atoms with van der Waals surface area (Å²) >= 11 is 0. The van der Waals surface area contributed by atoms with Crippen LogP contribution in [0, 0.1) is 5.92 Å². The number of carboxylic acid groups (broad SMARTS) is 1. The molecule has 2 amide bonds. The highest BCUT2D eigenvalue weighted by atomic mass is 16.4. The summed E-state index contributed by atoms with van der Waals surface area (Å²) in [5.41, 5.74) is 0. The van der Waals surface area contributed by atoms with Gasteiger partial charge < -0.3 is 20.2 Å². The molecule has 0 aromatic heterocycles. The van der Waals surface area contributed by atoms with Gasteiger partial charge in [0.2, 0.25) is 0 Å². The Bertz CT molecular complexity index is 334. The second-order valence-corrected chi connectivity index (χ2v) is 5.87. The van der Waals surface area contributed by atoms with Crippen molar-refractivity contribution in [3.63, 3.8) is 0 Å². The number of urea groups is 1. The number of likely N-dealkylation sites (tertiary alicyclic amines) is 1. The normalized spacial score (nSPS) is 20.2. The van der Waals surface area contributed by atoms with Gasteiger partial charge in [-0.05, 0) is 39.8 Å².